The third-order valence-electron chi connectivity index (χ3n) is 6.71. The maximum Gasteiger partial charge on any atom is 0.264 e. The Balaban J connectivity index is 1.44. The minimum atomic E-state index is -0.217. The van der Waals surface area contributed by atoms with Gasteiger partial charge in [0, 0.05) is 30.4 Å². The summed E-state index contributed by atoms with van der Waals surface area (Å²) in [6, 6.07) is 28.0. The first-order chi connectivity index (χ1) is 18.6. The van der Waals surface area contributed by atoms with Gasteiger partial charge in [0.05, 0.1) is 11.4 Å². The van der Waals surface area contributed by atoms with Crippen molar-refractivity contribution in [3.63, 3.8) is 0 Å². The van der Waals surface area contributed by atoms with Crippen LogP contribution < -0.4 is 4.74 Å². The van der Waals surface area contributed by atoms with Crippen LogP contribution in [0.3, 0.4) is 0 Å². The number of rotatable bonds is 7. The first kappa shape index (κ1) is 25.0. The van der Waals surface area contributed by atoms with Gasteiger partial charge in [0.2, 0.25) is 0 Å². The predicted molar refractivity (Wildman–Crippen MR) is 149 cm³/mol. The Labute approximate surface area is 223 Å². The summed E-state index contributed by atoms with van der Waals surface area (Å²) in [6.07, 6.45) is 6.60. The fourth-order valence-electron chi connectivity index (χ4n) is 4.55. The monoisotopic (exact) mass is 502 g/mol. The molecule has 6 nitrogen and oxygen atoms in total. The number of carbonyl (C=O) groups is 1. The van der Waals surface area contributed by atoms with Crippen LogP contribution in [-0.2, 0) is 11.4 Å². The van der Waals surface area contributed by atoms with Gasteiger partial charge >= 0.3 is 0 Å². The van der Waals surface area contributed by atoms with Gasteiger partial charge in [-0.25, -0.2) is 4.68 Å². The molecule has 6 heteroatoms. The van der Waals surface area contributed by atoms with Crippen LogP contribution in [0.2, 0.25) is 0 Å². The van der Waals surface area contributed by atoms with Crippen LogP contribution >= 0.6 is 0 Å². The molecule has 3 aromatic carbocycles. The Morgan fingerprint density at radius 1 is 0.974 bits per heavy atom. The Kier molecular flexibility index (Phi) is 7.65. The normalized spacial score (nSPS) is 13.7. The van der Waals surface area contributed by atoms with E-state index in [1.165, 1.54) is 5.56 Å². The second kappa shape index (κ2) is 11.6. The molecular weight excluding hydrogens is 472 g/mol. The Bertz CT molecular complexity index is 1460. The van der Waals surface area contributed by atoms with Gasteiger partial charge in [0.15, 0.2) is 0 Å². The summed E-state index contributed by atoms with van der Waals surface area (Å²) in [5.74, 6) is 0.539. The second-order valence-corrected chi connectivity index (χ2v) is 9.53. The number of benzene rings is 3. The molecule has 1 aliphatic heterocycles. The quantitative estimate of drug-likeness (QED) is 0.218. The molecule has 0 radical (unpaired) electrons. The molecule has 0 N–H and O–H groups in total. The van der Waals surface area contributed by atoms with Crippen molar-refractivity contribution in [3.8, 4) is 28.8 Å². The standard InChI is InChI=1S/C32H30N4O2/c1-24-10-12-25(13-11-24)23-38-30-16-14-26(15-17-30)31-28(22-36(34-31)29-8-4-2-5-9-29)20-27(21-33)32(37)35-18-6-3-7-19-35/h2,4-5,8-17,20,22H,3,6-7,18-19,23H2,1H3. The Morgan fingerprint density at radius 2 is 1.68 bits per heavy atom. The third kappa shape index (κ3) is 5.84. The molecule has 0 unspecified atom stereocenters. The van der Waals surface area contributed by atoms with Gasteiger partial charge < -0.3 is 9.64 Å². The molecule has 1 aliphatic rings. The molecule has 0 aliphatic carbocycles. The number of aryl methyl sites for hydroxylation is 1. The summed E-state index contributed by atoms with van der Waals surface area (Å²) in [5, 5.41) is 14.7. The number of nitriles is 1. The van der Waals surface area contributed by atoms with Crippen LogP contribution in [0.4, 0.5) is 0 Å². The first-order valence-electron chi connectivity index (χ1n) is 13.0. The van der Waals surface area contributed by atoms with Crippen LogP contribution in [-0.4, -0.2) is 33.7 Å². The molecule has 1 saturated heterocycles. The lowest BCUT2D eigenvalue weighted by atomic mass is 10.0. The summed E-state index contributed by atoms with van der Waals surface area (Å²) in [7, 11) is 0. The van der Waals surface area contributed by atoms with Crippen LogP contribution in [0, 0.1) is 18.3 Å². The van der Waals surface area contributed by atoms with E-state index in [1.54, 1.807) is 15.7 Å². The highest BCUT2D eigenvalue weighted by Gasteiger charge is 2.21. The highest BCUT2D eigenvalue weighted by molar-refractivity contribution is 6.02. The number of nitrogens with zero attached hydrogens (tertiary/aromatic N) is 4. The van der Waals surface area contributed by atoms with Crippen molar-refractivity contribution < 1.29 is 9.53 Å². The number of ether oxygens (including phenoxy) is 1. The van der Waals surface area contributed by atoms with E-state index < -0.39 is 0 Å². The van der Waals surface area contributed by atoms with Crippen molar-refractivity contribution in [2.75, 3.05) is 13.1 Å². The summed E-state index contributed by atoms with van der Waals surface area (Å²) in [4.78, 5) is 14.9. The van der Waals surface area contributed by atoms with E-state index in [2.05, 4.69) is 37.3 Å². The topological polar surface area (TPSA) is 71.1 Å². The average molecular weight is 503 g/mol. The zero-order chi connectivity index (χ0) is 26.3. The van der Waals surface area contributed by atoms with Crippen molar-refractivity contribution in [1.82, 2.24) is 14.7 Å². The average Bonchev–Trinajstić information content (AvgIpc) is 3.40. The Morgan fingerprint density at radius 3 is 2.37 bits per heavy atom. The predicted octanol–water partition coefficient (Wildman–Crippen LogP) is 6.35. The van der Waals surface area contributed by atoms with Crippen LogP contribution in [0.1, 0.15) is 36.0 Å². The van der Waals surface area contributed by atoms with Gasteiger partial charge in [0.1, 0.15) is 24.0 Å². The number of amides is 1. The molecule has 190 valence electrons. The summed E-state index contributed by atoms with van der Waals surface area (Å²) in [6.45, 7) is 3.94. The smallest absolute Gasteiger partial charge is 0.264 e. The number of piperidine rings is 1. The second-order valence-electron chi connectivity index (χ2n) is 9.53. The number of hydrogen-bond acceptors (Lipinski definition) is 4. The van der Waals surface area contributed by atoms with E-state index in [9.17, 15) is 10.1 Å². The zero-order valence-corrected chi connectivity index (χ0v) is 21.5. The number of para-hydroxylation sites is 1. The highest BCUT2D eigenvalue weighted by atomic mass is 16.5. The van der Waals surface area contributed by atoms with E-state index in [4.69, 9.17) is 9.84 Å². The lowest BCUT2D eigenvalue weighted by molar-refractivity contribution is -0.127. The summed E-state index contributed by atoms with van der Waals surface area (Å²) < 4.78 is 7.76. The molecule has 0 saturated carbocycles. The molecule has 5 rings (SSSR count). The number of carbonyl (C=O) groups excluding carboxylic acids is 1. The molecule has 0 spiro atoms. The van der Waals surface area contributed by atoms with E-state index >= 15 is 0 Å². The van der Waals surface area contributed by atoms with Gasteiger partial charge in [-0.2, -0.15) is 10.4 Å². The van der Waals surface area contributed by atoms with Gasteiger partial charge in [-0.15, -0.1) is 0 Å². The van der Waals surface area contributed by atoms with Crippen molar-refractivity contribution in [2.24, 2.45) is 0 Å². The van der Waals surface area contributed by atoms with Gasteiger partial charge in [-0.05, 0) is 74.2 Å². The SMILES string of the molecule is Cc1ccc(COc2ccc(-c3nn(-c4ccccc4)cc3C=C(C#N)C(=O)N3CCCCC3)cc2)cc1. The fourth-order valence-corrected chi connectivity index (χ4v) is 4.55. The van der Waals surface area contributed by atoms with Gasteiger partial charge in [-0.3, -0.25) is 4.79 Å². The zero-order valence-electron chi connectivity index (χ0n) is 21.5. The van der Waals surface area contributed by atoms with E-state index in [-0.39, 0.29) is 11.5 Å². The van der Waals surface area contributed by atoms with Crippen molar-refractivity contribution in [1.29, 1.82) is 5.26 Å². The lowest BCUT2D eigenvalue weighted by Crippen LogP contribution is -2.36. The fraction of sp³-hybridized carbons (Fsp3) is 0.219. The number of hydrogen-bond donors (Lipinski definition) is 0. The number of likely N-dealkylation sites (tertiary alicyclic amines) is 1. The van der Waals surface area contributed by atoms with Crippen molar-refractivity contribution in [3.05, 3.63) is 107 Å². The minimum absolute atomic E-state index is 0.124. The van der Waals surface area contributed by atoms with E-state index in [0.717, 1.165) is 41.8 Å². The Hall–Kier alpha value is -4.63. The summed E-state index contributed by atoms with van der Waals surface area (Å²) >= 11 is 0. The molecule has 38 heavy (non-hydrogen) atoms. The maximum absolute atomic E-state index is 13.1. The number of aromatic nitrogens is 2. The first-order valence-corrected chi connectivity index (χ1v) is 13.0. The molecule has 0 bridgehead atoms. The largest absolute Gasteiger partial charge is 0.489 e. The highest BCUT2D eigenvalue weighted by Crippen LogP contribution is 2.28. The minimum Gasteiger partial charge on any atom is -0.489 e. The van der Waals surface area contributed by atoms with Crippen LogP contribution in [0.5, 0.6) is 5.75 Å². The third-order valence-corrected chi connectivity index (χ3v) is 6.71. The van der Waals surface area contributed by atoms with E-state index in [1.807, 2.05) is 60.8 Å². The van der Waals surface area contributed by atoms with Crippen LogP contribution in [0.15, 0.2) is 90.6 Å². The summed E-state index contributed by atoms with van der Waals surface area (Å²) in [5.41, 5.74) is 5.62. The molecule has 4 aromatic rings. The lowest BCUT2D eigenvalue weighted by Gasteiger charge is -2.26. The van der Waals surface area contributed by atoms with Crippen LogP contribution in [0.25, 0.3) is 23.0 Å². The maximum atomic E-state index is 13.1. The van der Waals surface area contributed by atoms with Gasteiger partial charge in [0.25, 0.3) is 5.91 Å². The van der Waals surface area contributed by atoms with Crippen molar-refractivity contribution >= 4 is 12.0 Å². The molecule has 1 fully saturated rings. The van der Waals surface area contributed by atoms with Gasteiger partial charge in [-0.1, -0.05) is 48.0 Å². The molecule has 2 heterocycles. The van der Waals surface area contributed by atoms with Crippen molar-refractivity contribution in [2.45, 2.75) is 32.8 Å². The molecule has 1 amide bonds. The molecule has 0 atom stereocenters. The van der Waals surface area contributed by atoms with E-state index in [0.29, 0.717) is 31.0 Å². The molecule has 1 aromatic heterocycles. The molecular formula is C32H30N4O2.